The molecule has 3 atom stereocenters. The zero-order valence-corrected chi connectivity index (χ0v) is 19.9. The number of carbonyl (C=O) groups excluding carboxylic acids is 3. The molecule has 1 N–H and O–H groups in total. The van der Waals surface area contributed by atoms with Crippen molar-refractivity contribution in [1.29, 1.82) is 0 Å². The zero-order valence-electron chi connectivity index (χ0n) is 19.9. The van der Waals surface area contributed by atoms with Crippen LogP contribution in [0.3, 0.4) is 0 Å². The molecule has 8 nitrogen and oxygen atoms in total. The lowest BCUT2D eigenvalue weighted by Gasteiger charge is -2.45. The molecule has 0 saturated heterocycles. The van der Waals surface area contributed by atoms with Gasteiger partial charge in [-0.15, -0.1) is 0 Å². The topological polar surface area (TPSA) is 94.2 Å². The Labute approximate surface area is 199 Å². The summed E-state index contributed by atoms with van der Waals surface area (Å²) in [5.41, 5.74) is 2.39. The van der Waals surface area contributed by atoms with Crippen LogP contribution in [0.5, 0.6) is 5.75 Å². The highest BCUT2D eigenvalue weighted by Crippen LogP contribution is 2.50. The van der Waals surface area contributed by atoms with Crippen molar-refractivity contribution in [3.63, 3.8) is 0 Å². The van der Waals surface area contributed by atoms with E-state index in [4.69, 9.17) is 14.2 Å². The van der Waals surface area contributed by atoms with Gasteiger partial charge in [-0.25, -0.2) is 9.59 Å². The molecule has 34 heavy (non-hydrogen) atoms. The molecule has 1 aliphatic heterocycles. The van der Waals surface area contributed by atoms with E-state index >= 15 is 0 Å². The molecule has 2 unspecified atom stereocenters. The van der Waals surface area contributed by atoms with E-state index in [0.717, 1.165) is 18.4 Å². The summed E-state index contributed by atoms with van der Waals surface area (Å²) in [6.45, 7) is 3.70. The van der Waals surface area contributed by atoms with Crippen LogP contribution in [0.2, 0.25) is 0 Å². The van der Waals surface area contributed by atoms with Crippen molar-refractivity contribution in [3.8, 4) is 5.75 Å². The van der Waals surface area contributed by atoms with Crippen molar-refractivity contribution in [2.45, 2.75) is 45.4 Å². The summed E-state index contributed by atoms with van der Waals surface area (Å²) < 4.78 is 15.9. The van der Waals surface area contributed by atoms with Gasteiger partial charge in [-0.05, 0) is 36.0 Å². The average Bonchev–Trinajstić information content (AvgIpc) is 3.68. The molecule has 1 fully saturated rings. The third-order valence-corrected chi connectivity index (χ3v) is 6.64. The molecule has 0 spiro atoms. The number of anilines is 1. The van der Waals surface area contributed by atoms with Crippen LogP contribution in [0.1, 0.15) is 54.2 Å². The van der Waals surface area contributed by atoms with Crippen molar-refractivity contribution >= 4 is 23.7 Å². The Morgan fingerprint density at radius 3 is 2.38 bits per heavy atom. The number of rotatable bonds is 6. The van der Waals surface area contributed by atoms with E-state index in [1.807, 2.05) is 37.3 Å². The molecule has 1 aliphatic carbocycles. The minimum atomic E-state index is -0.562. The Bertz CT molecular complexity index is 1080. The van der Waals surface area contributed by atoms with Crippen LogP contribution >= 0.6 is 0 Å². The smallest absolute Gasteiger partial charge is 0.407 e. The van der Waals surface area contributed by atoms with Crippen LogP contribution in [0.15, 0.2) is 42.5 Å². The maximum absolute atomic E-state index is 12.8. The van der Waals surface area contributed by atoms with Crippen molar-refractivity contribution in [3.05, 3.63) is 59.2 Å². The fraction of sp³-hybridized carbons (Fsp3) is 0.423. The van der Waals surface area contributed by atoms with Gasteiger partial charge in [0.2, 0.25) is 5.91 Å². The highest BCUT2D eigenvalue weighted by atomic mass is 16.5. The second kappa shape index (κ2) is 9.75. The molecular weight excluding hydrogens is 436 g/mol. The lowest BCUT2D eigenvalue weighted by Crippen LogP contribution is -2.53. The Hall–Kier alpha value is -3.55. The van der Waals surface area contributed by atoms with Gasteiger partial charge in [0.1, 0.15) is 17.9 Å². The second-order valence-electron chi connectivity index (χ2n) is 8.86. The molecule has 8 heteroatoms. The van der Waals surface area contributed by atoms with Gasteiger partial charge in [-0.3, -0.25) is 4.79 Å². The number of benzene rings is 2. The lowest BCUT2D eigenvalue weighted by molar-refractivity contribution is -0.117. The van der Waals surface area contributed by atoms with Crippen LogP contribution in [-0.2, 0) is 20.9 Å². The molecule has 2 aromatic rings. The Balaban J connectivity index is 1.71. The van der Waals surface area contributed by atoms with Crippen LogP contribution in [0, 0.1) is 11.8 Å². The van der Waals surface area contributed by atoms with Gasteiger partial charge in [-0.2, -0.15) is 0 Å². The second-order valence-corrected chi connectivity index (χ2v) is 8.86. The summed E-state index contributed by atoms with van der Waals surface area (Å²) in [4.78, 5) is 39.8. The summed E-state index contributed by atoms with van der Waals surface area (Å²) in [6.07, 6.45) is 1.49. The van der Waals surface area contributed by atoms with E-state index in [1.54, 1.807) is 17.0 Å². The standard InChI is InChI=1S/C26H30N2O6/c1-15-23(27-26(31)34-14-17-8-6-5-7-9-17)19-12-20(25(30)33-4)22(32-3)13-21(19)28(16(2)29)24(15)18-10-11-18/h5-9,12-13,15,18,23-24H,10-11,14H2,1-4H3,(H,27,31)/t15-,23?,24?/m1/s1. The van der Waals surface area contributed by atoms with E-state index in [0.29, 0.717) is 22.9 Å². The van der Waals surface area contributed by atoms with E-state index < -0.39 is 18.1 Å². The first-order chi connectivity index (χ1) is 16.3. The molecule has 2 aromatic carbocycles. The van der Waals surface area contributed by atoms with Crippen molar-refractivity contribution < 1.29 is 28.6 Å². The maximum Gasteiger partial charge on any atom is 0.407 e. The average molecular weight is 467 g/mol. The third-order valence-electron chi connectivity index (χ3n) is 6.64. The van der Waals surface area contributed by atoms with Crippen LogP contribution in [0.4, 0.5) is 10.5 Å². The molecule has 2 amide bonds. The first-order valence-electron chi connectivity index (χ1n) is 11.4. The van der Waals surface area contributed by atoms with E-state index in [2.05, 4.69) is 5.32 Å². The van der Waals surface area contributed by atoms with E-state index in [-0.39, 0.29) is 30.0 Å². The van der Waals surface area contributed by atoms with E-state index in [9.17, 15) is 14.4 Å². The largest absolute Gasteiger partial charge is 0.496 e. The number of ether oxygens (including phenoxy) is 3. The molecule has 0 aromatic heterocycles. The Kier molecular flexibility index (Phi) is 6.77. The molecule has 1 heterocycles. The van der Waals surface area contributed by atoms with Crippen LogP contribution in [-0.4, -0.2) is 38.2 Å². The predicted octanol–water partition coefficient (Wildman–Crippen LogP) is 4.23. The molecule has 0 radical (unpaired) electrons. The highest BCUT2D eigenvalue weighted by Gasteiger charge is 2.48. The van der Waals surface area contributed by atoms with Gasteiger partial charge < -0.3 is 24.4 Å². The number of nitrogens with one attached hydrogen (secondary N) is 1. The van der Waals surface area contributed by atoms with E-state index in [1.165, 1.54) is 21.1 Å². The number of fused-ring (bicyclic) bond motifs is 1. The summed E-state index contributed by atoms with van der Waals surface area (Å²) in [5, 5.41) is 3.00. The number of amides is 2. The first-order valence-corrected chi connectivity index (χ1v) is 11.4. The SMILES string of the molecule is COC(=O)c1cc2c(cc1OC)N(C(C)=O)C(C1CC1)[C@H](C)C2NC(=O)OCc1ccccc1. The molecule has 0 bridgehead atoms. The minimum absolute atomic E-state index is 0.0851. The molecule has 4 rings (SSSR count). The fourth-order valence-electron chi connectivity index (χ4n) is 4.92. The van der Waals surface area contributed by atoms with Gasteiger partial charge in [0.25, 0.3) is 0 Å². The van der Waals surface area contributed by atoms with Gasteiger partial charge >= 0.3 is 12.1 Å². The zero-order chi connectivity index (χ0) is 24.4. The lowest BCUT2D eigenvalue weighted by atomic mass is 9.79. The quantitative estimate of drug-likeness (QED) is 0.641. The molecular formula is C26H30N2O6. The number of nitrogens with zero attached hydrogens (tertiary/aromatic N) is 1. The summed E-state index contributed by atoms with van der Waals surface area (Å²) in [7, 11) is 2.76. The minimum Gasteiger partial charge on any atom is -0.496 e. The van der Waals surface area contributed by atoms with Crippen LogP contribution in [0.25, 0.3) is 0 Å². The predicted molar refractivity (Wildman–Crippen MR) is 126 cm³/mol. The number of hydrogen-bond donors (Lipinski definition) is 1. The monoisotopic (exact) mass is 466 g/mol. The summed E-state index contributed by atoms with van der Waals surface area (Å²) in [6, 6.07) is 12.2. The van der Waals surface area contributed by atoms with Crippen molar-refractivity contribution in [2.24, 2.45) is 11.8 Å². The Morgan fingerprint density at radius 1 is 1.09 bits per heavy atom. The normalized spacial score (nSPS) is 21.3. The van der Waals surface area contributed by atoms with Gasteiger partial charge in [0.15, 0.2) is 0 Å². The van der Waals surface area contributed by atoms with Crippen molar-refractivity contribution in [1.82, 2.24) is 5.32 Å². The number of esters is 1. The highest BCUT2D eigenvalue weighted by molar-refractivity contribution is 5.98. The number of alkyl carbamates (subject to hydrolysis) is 1. The first kappa shape index (κ1) is 23.6. The summed E-state index contributed by atoms with van der Waals surface area (Å²) in [5.74, 6) is -0.0965. The molecule has 2 aliphatic rings. The fourth-order valence-corrected chi connectivity index (χ4v) is 4.92. The number of methoxy groups -OCH3 is 2. The van der Waals surface area contributed by atoms with Crippen molar-refractivity contribution in [2.75, 3.05) is 19.1 Å². The van der Waals surface area contributed by atoms with Gasteiger partial charge in [0.05, 0.1) is 25.9 Å². The van der Waals surface area contributed by atoms with Gasteiger partial charge in [-0.1, -0.05) is 37.3 Å². The number of carbonyl (C=O) groups is 3. The number of hydrogen-bond acceptors (Lipinski definition) is 6. The Morgan fingerprint density at radius 2 is 1.79 bits per heavy atom. The third kappa shape index (κ3) is 4.58. The van der Waals surface area contributed by atoms with Crippen LogP contribution < -0.4 is 15.0 Å². The summed E-state index contributed by atoms with van der Waals surface area (Å²) >= 11 is 0. The van der Waals surface area contributed by atoms with Gasteiger partial charge in [0, 0.05) is 24.9 Å². The molecule has 180 valence electrons. The maximum atomic E-state index is 12.8. The molecule has 1 saturated carbocycles.